The minimum atomic E-state index is 0.101. The monoisotopic (exact) mass is 168 g/mol. The first-order chi connectivity index (χ1) is 5.61. The topological polar surface area (TPSA) is 32.3 Å². The zero-order valence-corrected chi connectivity index (χ0v) is 7.92. The van der Waals surface area contributed by atoms with Crippen molar-refractivity contribution in [3.63, 3.8) is 0 Å². The van der Waals surface area contributed by atoms with Crippen LogP contribution >= 0.6 is 0 Å². The SMILES string of the molecule is CC1CNC(=O)/C1=C/CN(C)C. The van der Waals surface area contributed by atoms with Crippen LogP contribution in [0, 0.1) is 5.92 Å². The van der Waals surface area contributed by atoms with Crippen LogP contribution in [-0.4, -0.2) is 38.0 Å². The van der Waals surface area contributed by atoms with E-state index >= 15 is 0 Å². The Labute approximate surface area is 73.4 Å². The van der Waals surface area contributed by atoms with Crippen LogP contribution in [0.15, 0.2) is 11.6 Å². The highest BCUT2D eigenvalue weighted by Gasteiger charge is 2.23. The van der Waals surface area contributed by atoms with E-state index in [1.54, 1.807) is 0 Å². The summed E-state index contributed by atoms with van der Waals surface area (Å²) in [6, 6.07) is 0. The molecule has 0 saturated carbocycles. The molecule has 1 atom stereocenters. The Morgan fingerprint density at radius 2 is 2.33 bits per heavy atom. The van der Waals surface area contributed by atoms with E-state index in [0.29, 0.717) is 5.92 Å². The summed E-state index contributed by atoms with van der Waals surface area (Å²) in [5.41, 5.74) is 0.934. The number of carbonyl (C=O) groups is 1. The summed E-state index contributed by atoms with van der Waals surface area (Å²) >= 11 is 0. The highest BCUT2D eigenvalue weighted by Crippen LogP contribution is 2.15. The van der Waals surface area contributed by atoms with Gasteiger partial charge in [-0.2, -0.15) is 0 Å². The van der Waals surface area contributed by atoms with Crippen molar-refractivity contribution >= 4 is 5.91 Å². The molecule has 0 aromatic carbocycles. The van der Waals surface area contributed by atoms with Crippen molar-refractivity contribution < 1.29 is 4.79 Å². The van der Waals surface area contributed by atoms with Gasteiger partial charge < -0.3 is 10.2 Å². The molecule has 0 spiro atoms. The molecule has 12 heavy (non-hydrogen) atoms. The molecule has 1 fully saturated rings. The van der Waals surface area contributed by atoms with Crippen LogP contribution in [0.3, 0.4) is 0 Å². The highest BCUT2D eigenvalue weighted by molar-refractivity contribution is 5.96. The Morgan fingerprint density at radius 1 is 1.67 bits per heavy atom. The van der Waals surface area contributed by atoms with Gasteiger partial charge in [0.25, 0.3) is 0 Å². The number of likely N-dealkylation sites (N-methyl/N-ethyl adjacent to an activating group) is 1. The second kappa shape index (κ2) is 3.72. The molecule has 68 valence electrons. The lowest BCUT2D eigenvalue weighted by Crippen LogP contribution is -2.16. The predicted octanol–water partition coefficient (Wildman–Crippen LogP) is 0.240. The lowest BCUT2D eigenvalue weighted by atomic mass is 10.0. The second-order valence-corrected chi connectivity index (χ2v) is 3.53. The fourth-order valence-corrected chi connectivity index (χ4v) is 1.26. The van der Waals surface area contributed by atoms with Crippen molar-refractivity contribution in [2.24, 2.45) is 5.92 Å². The van der Waals surface area contributed by atoms with Crippen molar-refractivity contribution in [1.29, 1.82) is 0 Å². The Morgan fingerprint density at radius 3 is 2.75 bits per heavy atom. The third kappa shape index (κ3) is 2.08. The predicted molar refractivity (Wildman–Crippen MR) is 48.8 cm³/mol. The highest BCUT2D eigenvalue weighted by atomic mass is 16.2. The molecule has 1 saturated heterocycles. The number of carbonyl (C=O) groups excluding carboxylic acids is 1. The molecule has 0 aliphatic carbocycles. The molecule has 0 radical (unpaired) electrons. The summed E-state index contributed by atoms with van der Waals surface area (Å²) < 4.78 is 0. The quantitative estimate of drug-likeness (QED) is 0.599. The van der Waals surface area contributed by atoms with Gasteiger partial charge in [0.1, 0.15) is 0 Å². The van der Waals surface area contributed by atoms with Crippen LogP contribution in [0.5, 0.6) is 0 Å². The van der Waals surface area contributed by atoms with E-state index in [-0.39, 0.29) is 5.91 Å². The largest absolute Gasteiger partial charge is 0.352 e. The summed E-state index contributed by atoms with van der Waals surface area (Å²) in [7, 11) is 3.99. The molecule has 1 N–H and O–H groups in total. The van der Waals surface area contributed by atoms with Crippen LogP contribution < -0.4 is 5.32 Å². The Kier molecular flexibility index (Phi) is 2.87. The maximum atomic E-state index is 11.2. The van der Waals surface area contributed by atoms with Crippen LogP contribution in [0.4, 0.5) is 0 Å². The molecule has 3 heteroatoms. The van der Waals surface area contributed by atoms with Gasteiger partial charge in [0.2, 0.25) is 5.91 Å². The van der Waals surface area contributed by atoms with Gasteiger partial charge in [-0.3, -0.25) is 4.79 Å². The average Bonchev–Trinajstić information content (AvgIpc) is 2.28. The molecule has 1 amide bonds. The van der Waals surface area contributed by atoms with Gasteiger partial charge in [-0.05, 0) is 14.1 Å². The summed E-state index contributed by atoms with van der Waals surface area (Å²) in [4.78, 5) is 13.2. The van der Waals surface area contributed by atoms with E-state index in [1.807, 2.05) is 25.1 Å². The first-order valence-corrected chi connectivity index (χ1v) is 4.24. The molecular weight excluding hydrogens is 152 g/mol. The molecule has 0 aromatic heterocycles. The van der Waals surface area contributed by atoms with Crippen molar-refractivity contribution in [2.75, 3.05) is 27.2 Å². The van der Waals surface area contributed by atoms with Crippen molar-refractivity contribution in [1.82, 2.24) is 10.2 Å². The van der Waals surface area contributed by atoms with Gasteiger partial charge in [-0.25, -0.2) is 0 Å². The zero-order valence-electron chi connectivity index (χ0n) is 7.92. The van der Waals surface area contributed by atoms with Gasteiger partial charge in [-0.1, -0.05) is 13.0 Å². The van der Waals surface area contributed by atoms with Crippen molar-refractivity contribution in [3.8, 4) is 0 Å². The third-order valence-corrected chi connectivity index (χ3v) is 2.04. The third-order valence-electron chi connectivity index (χ3n) is 2.04. The second-order valence-electron chi connectivity index (χ2n) is 3.53. The standard InChI is InChI=1S/C9H16N2O/c1-7-6-10-9(12)8(7)4-5-11(2)3/h4,7H,5-6H2,1-3H3,(H,10,12)/b8-4+. The zero-order chi connectivity index (χ0) is 9.14. The molecular formula is C9H16N2O. The Hall–Kier alpha value is -0.830. The Balaban J connectivity index is 2.59. The van der Waals surface area contributed by atoms with Gasteiger partial charge in [0.05, 0.1) is 0 Å². The molecule has 0 aromatic rings. The first kappa shape index (κ1) is 9.26. The fraction of sp³-hybridized carbons (Fsp3) is 0.667. The van der Waals surface area contributed by atoms with Crippen molar-refractivity contribution in [3.05, 3.63) is 11.6 Å². The minimum Gasteiger partial charge on any atom is -0.352 e. The smallest absolute Gasteiger partial charge is 0.247 e. The number of nitrogens with zero attached hydrogens (tertiary/aromatic N) is 1. The van der Waals surface area contributed by atoms with Crippen LogP contribution in [0.25, 0.3) is 0 Å². The van der Waals surface area contributed by atoms with Gasteiger partial charge in [0.15, 0.2) is 0 Å². The van der Waals surface area contributed by atoms with Gasteiger partial charge in [0, 0.05) is 24.6 Å². The molecule has 1 heterocycles. The average molecular weight is 168 g/mol. The molecule has 1 aliphatic rings. The van der Waals surface area contributed by atoms with Gasteiger partial charge >= 0.3 is 0 Å². The molecule has 1 aliphatic heterocycles. The molecule has 1 unspecified atom stereocenters. The fourth-order valence-electron chi connectivity index (χ4n) is 1.26. The number of hydrogen-bond acceptors (Lipinski definition) is 2. The van der Waals surface area contributed by atoms with E-state index in [9.17, 15) is 4.79 Å². The maximum absolute atomic E-state index is 11.2. The number of hydrogen-bond donors (Lipinski definition) is 1. The van der Waals surface area contributed by atoms with Crippen LogP contribution in [-0.2, 0) is 4.79 Å². The number of amides is 1. The molecule has 3 nitrogen and oxygen atoms in total. The lowest BCUT2D eigenvalue weighted by Gasteiger charge is -2.06. The summed E-state index contributed by atoms with van der Waals surface area (Å²) in [6.07, 6.45) is 2.01. The molecule has 0 bridgehead atoms. The summed E-state index contributed by atoms with van der Waals surface area (Å²) in [5, 5.41) is 2.82. The summed E-state index contributed by atoms with van der Waals surface area (Å²) in [6.45, 7) is 3.70. The lowest BCUT2D eigenvalue weighted by molar-refractivity contribution is -0.116. The van der Waals surface area contributed by atoms with Gasteiger partial charge in [-0.15, -0.1) is 0 Å². The van der Waals surface area contributed by atoms with E-state index in [2.05, 4.69) is 12.2 Å². The van der Waals surface area contributed by atoms with Crippen molar-refractivity contribution in [2.45, 2.75) is 6.92 Å². The van der Waals surface area contributed by atoms with Crippen LogP contribution in [0.1, 0.15) is 6.92 Å². The minimum absolute atomic E-state index is 0.101. The normalized spacial score (nSPS) is 26.8. The van der Waals surface area contributed by atoms with E-state index in [4.69, 9.17) is 0 Å². The molecule has 1 rings (SSSR count). The number of rotatable bonds is 2. The Bertz CT molecular complexity index is 209. The van der Waals surface area contributed by atoms with Crippen LogP contribution in [0.2, 0.25) is 0 Å². The van der Waals surface area contributed by atoms with E-state index in [0.717, 1.165) is 18.7 Å². The maximum Gasteiger partial charge on any atom is 0.247 e. The van der Waals surface area contributed by atoms with E-state index in [1.165, 1.54) is 0 Å². The number of nitrogens with one attached hydrogen (secondary N) is 1. The first-order valence-electron chi connectivity index (χ1n) is 4.24. The van der Waals surface area contributed by atoms with E-state index < -0.39 is 0 Å². The summed E-state index contributed by atoms with van der Waals surface area (Å²) in [5.74, 6) is 0.474.